The summed E-state index contributed by atoms with van der Waals surface area (Å²) >= 11 is 1.61. The van der Waals surface area contributed by atoms with E-state index in [0.29, 0.717) is 17.9 Å². The Labute approximate surface area is 103 Å². The van der Waals surface area contributed by atoms with Gasteiger partial charge in [-0.25, -0.2) is 4.98 Å². The van der Waals surface area contributed by atoms with E-state index in [4.69, 9.17) is 5.73 Å². The minimum atomic E-state index is -0.144. The van der Waals surface area contributed by atoms with Crippen molar-refractivity contribution < 1.29 is 4.79 Å². The number of nitrogen functional groups attached to an aromatic ring is 1. The number of hydrogen-bond acceptors (Lipinski definition) is 4. The second-order valence-corrected chi connectivity index (χ2v) is 4.68. The molecular formula is C11H14N4OS. The minimum absolute atomic E-state index is 0.144. The summed E-state index contributed by atoms with van der Waals surface area (Å²) in [4.78, 5) is 18.8. The zero-order chi connectivity index (χ0) is 12.3. The average Bonchev–Trinajstić information content (AvgIpc) is 2.88. The monoisotopic (exact) mass is 250 g/mol. The zero-order valence-corrected chi connectivity index (χ0v) is 10.3. The molecule has 0 saturated heterocycles. The van der Waals surface area contributed by atoms with Gasteiger partial charge in [0.05, 0.1) is 5.01 Å². The molecule has 17 heavy (non-hydrogen) atoms. The second kappa shape index (κ2) is 5.01. The van der Waals surface area contributed by atoms with Crippen LogP contribution in [0, 0.1) is 6.92 Å². The molecule has 0 saturated carbocycles. The first kappa shape index (κ1) is 11.7. The fourth-order valence-corrected chi connectivity index (χ4v) is 2.21. The number of hydrogen-bond donors (Lipinski definition) is 3. The van der Waals surface area contributed by atoms with Gasteiger partial charge in [0, 0.05) is 35.9 Å². The van der Waals surface area contributed by atoms with E-state index in [-0.39, 0.29) is 5.91 Å². The molecular weight excluding hydrogens is 236 g/mol. The summed E-state index contributed by atoms with van der Waals surface area (Å²) in [5.41, 5.74) is 7.59. The molecule has 0 aromatic carbocycles. The molecule has 90 valence electrons. The molecule has 2 rings (SSSR count). The van der Waals surface area contributed by atoms with Gasteiger partial charge in [0.15, 0.2) is 0 Å². The lowest BCUT2D eigenvalue weighted by Gasteiger charge is -2.01. The molecule has 0 spiro atoms. The molecule has 0 aliphatic heterocycles. The zero-order valence-electron chi connectivity index (χ0n) is 9.49. The molecule has 0 aliphatic carbocycles. The molecule has 6 heteroatoms. The number of H-pyrrole nitrogens is 1. The smallest absolute Gasteiger partial charge is 0.267 e. The lowest BCUT2D eigenvalue weighted by molar-refractivity contribution is 0.0950. The second-order valence-electron chi connectivity index (χ2n) is 3.74. The predicted molar refractivity (Wildman–Crippen MR) is 68.1 cm³/mol. The van der Waals surface area contributed by atoms with Crippen LogP contribution in [0.5, 0.6) is 0 Å². The van der Waals surface area contributed by atoms with E-state index < -0.39 is 0 Å². The normalized spacial score (nSPS) is 10.4. The summed E-state index contributed by atoms with van der Waals surface area (Å²) in [6.07, 6.45) is 2.35. The Morgan fingerprint density at radius 2 is 2.47 bits per heavy atom. The van der Waals surface area contributed by atoms with E-state index in [1.54, 1.807) is 23.6 Å². The van der Waals surface area contributed by atoms with Crippen molar-refractivity contribution in [3.8, 4) is 0 Å². The number of aromatic amines is 1. The van der Waals surface area contributed by atoms with Crippen LogP contribution in [0.4, 0.5) is 5.69 Å². The maximum absolute atomic E-state index is 11.6. The van der Waals surface area contributed by atoms with Crippen molar-refractivity contribution in [2.24, 2.45) is 0 Å². The van der Waals surface area contributed by atoms with Gasteiger partial charge in [-0.1, -0.05) is 0 Å². The quantitative estimate of drug-likeness (QED) is 0.765. The summed E-state index contributed by atoms with van der Waals surface area (Å²) in [5.74, 6) is -0.144. The van der Waals surface area contributed by atoms with E-state index in [0.717, 1.165) is 17.1 Å². The van der Waals surface area contributed by atoms with Crippen LogP contribution >= 0.6 is 11.3 Å². The van der Waals surface area contributed by atoms with E-state index >= 15 is 0 Å². The Balaban J connectivity index is 1.81. The number of nitrogens with two attached hydrogens (primary N) is 1. The highest BCUT2D eigenvalue weighted by Gasteiger charge is 2.07. The van der Waals surface area contributed by atoms with E-state index in [2.05, 4.69) is 15.3 Å². The number of anilines is 1. The lowest BCUT2D eigenvalue weighted by Crippen LogP contribution is -2.25. The van der Waals surface area contributed by atoms with Crippen LogP contribution in [0.25, 0.3) is 0 Å². The van der Waals surface area contributed by atoms with Gasteiger partial charge < -0.3 is 16.0 Å². The number of nitrogens with zero attached hydrogens (tertiary/aromatic N) is 1. The summed E-state index contributed by atoms with van der Waals surface area (Å²) in [7, 11) is 0. The number of nitrogens with one attached hydrogen (secondary N) is 2. The molecule has 2 aromatic rings. The predicted octanol–water partition coefficient (Wildman–Crippen LogP) is 1.33. The number of carbonyl (C=O) groups is 1. The Bertz CT molecular complexity index is 517. The molecule has 0 atom stereocenters. The summed E-state index contributed by atoms with van der Waals surface area (Å²) in [6.45, 7) is 2.53. The molecule has 5 nitrogen and oxygen atoms in total. The standard InChI is InChI=1S/C11H14N4OS/c1-7-6-17-10(15-7)2-3-13-11(16)9-4-8(12)5-14-9/h4-6,14H,2-3,12H2,1H3,(H,13,16). The maximum Gasteiger partial charge on any atom is 0.267 e. The first-order valence-corrected chi connectivity index (χ1v) is 6.16. The molecule has 0 unspecified atom stereocenters. The molecule has 4 N–H and O–H groups in total. The van der Waals surface area contributed by atoms with Crippen molar-refractivity contribution in [1.29, 1.82) is 0 Å². The lowest BCUT2D eigenvalue weighted by atomic mass is 10.3. The SMILES string of the molecule is Cc1csc(CCNC(=O)c2cc(N)c[nH]2)n1. The van der Waals surface area contributed by atoms with Crippen LogP contribution in [0.2, 0.25) is 0 Å². The average molecular weight is 250 g/mol. The molecule has 0 aliphatic rings. The van der Waals surface area contributed by atoms with Crippen LogP contribution in [0.15, 0.2) is 17.6 Å². The third-order valence-corrected chi connectivity index (χ3v) is 3.27. The Kier molecular flexibility index (Phi) is 3.43. The summed E-state index contributed by atoms with van der Waals surface area (Å²) in [6, 6.07) is 1.61. The van der Waals surface area contributed by atoms with Crippen LogP contribution in [-0.2, 0) is 6.42 Å². The molecule has 1 amide bonds. The van der Waals surface area contributed by atoms with Crippen LogP contribution in [0.3, 0.4) is 0 Å². The van der Waals surface area contributed by atoms with Crippen molar-refractivity contribution in [3.05, 3.63) is 34.0 Å². The van der Waals surface area contributed by atoms with E-state index in [9.17, 15) is 4.79 Å². The molecule has 0 bridgehead atoms. The highest BCUT2D eigenvalue weighted by Crippen LogP contribution is 2.09. The highest BCUT2D eigenvalue weighted by atomic mass is 32.1. The topological polar surface area (TPSA) is 83.8 Å². The van der Waals surface area contributed by atoms with Crippen LogP contribution in [-0.4, -0.2) is 22.4 Å². The van der Waals surface area contributed by atoms with E-state index in [1.807, 2.05) is 12.3 Å². The number of rotatable bonds is 4. The fourth-order valence-electron chi connectivity index (χ4n) is 1.44. The van der Waals surface area contributed by atoms with Crippen molar-refractivity contribution >= 4 is 22.9 Å². The van der Waals surface area contributed by atoms with Gasteiger partial charge in [-0.15, -0.1) is 11.3 Å². The maximum atomic E-state index is 11.6. The van der Waals surface area contributed by atoms with Crippen LogP contribution < -0.4 is 11.1 Å². The summed E-state index contributed by atoms with van der Waals surface area (Å²) < 4.78 is 0. The number of carbonyl (C=O) groups excluding carboxylic acids is 1. The third kappa shape index (κ3) is 3.07. The molecule has 2 aromatic heterocycles. The van der Waals surface area contributed by atoms with Gasteiger partial charge in [0.1, 0.15) is 5.69 Å². The van der Waals surface area contributed by atoms with Gasteiger partial charge in [0.2, 0.25) is 0 Å². The number of aryl methyl sites for hydroxylation is 1. The first-order chi connectivity index (χ1) is 8.15. The Morgan fingerprint density at radius 3 is 3.06 bits per heavy atom. The van der Waals surface area contributed by atoms with Gasteiger partial charge >= 0.3 is 0 Å². The number of thiazole rings is 1. The van der Waals surface area contributed by atoms with Gasteiger partial charge in [0.25, 0.3) is 5.91 Å². The number of amides is 1. The number of aromatic nitrogens is 2. The van der Waals surface area contributed by atoms with Gasteiger partial charge in [-0.3, -0.25) is 4.79 Å². The van der Waals surface area contributed by atoms with Crippen LogP contribution in [0.1, 0.15) is 21.2 Å². The third-order valence-electron chi connectivity index (χ3n) is 2.24. The minimum Gasteiger partial charge on any atom is -0.397 e. The van der Waals surface area contributed by atoms with Crippen molar-refractivity contribution in [2.45, 2.75) is 13.3 Å². The fraction of sp³-hybridized carbons (Fsp3) is 0.273. The summed E-state index contributed by atoms with van der Waals surface area (Å²) in [5, 5.41) is 5.85. The molecule has 0 radical (unpaired) electrons. The first-order valence-electron chi connectivity index (χ1n) is 5.28. The molecule has 2 heterocycles. The van der Waals surface area contributed by atoms with E-state index in [1.165, 1.54) is 0 Å². The Hall–Kier alpha value is -1.82. The van der Waals surface area contributed by atoms with Crippen molar-refractivity contribution in [3.63, 3.8) is 0 Å². The highest BCUT2D eigenvalue weighted by molar-refractivity contribution is 7.09. The van der Waals surface area contributed by atoms with Gasteiger partial charge in [-0.05, 0) is 13.0 Å². The largest absolute Gasteiger partial charge is 0.397 e. The van der Waals surface area contributed by atoms with Gasteiger partial charge in [-0.2, -0.15) is 0 Å². The molecule has 0 fully saturated rings. The van der Waals surface area contributed by atoms with Crippen molar-refractivity contribution in [1.82, 2.24) is 15.3 Å². The Morgan fingerprint density at radius 1 is 1.65 bits per heavy atom. The van der Waals surface area contributed by atoms with Crippen molar-refractivity contribution in [2.75, 3.05) is 12.3 Å².